The molecule has 1 heterocycles. The van der Waals surface area contributed by atoms with E-state index >= 15 is 0 Å². The van der Waals surface area contributed by atoms with E-state index in [9.17, 15) is 17.2 Å². The lowest BCUT2D eigenvalue weighted by atomic mass is 10.2. The molecule has 24 heavy (non-hydrogen) atoms. The first-order valence-electron chi connectivity index (χ1n) is 7.49. The second-order valence-electron chi connectivity index (χ2n) is 5.50. The molecule has 5 nitrogen and oxygen atoms in total. The molecule has 0 radical (unpaired) electrons. The molecule has 0 unspecified atom stereocenters. The molecule has 0 aliphatic carbocycles. The van der Waals surface area contributed by atoms with Gasteiger partial charge in [0.05, 0.1) is 10.6 Å². The predicted octanol–water partition coefficient (Wildman–Crippen LogP) is 2.18. The van der Waals surface area contributed by atoms with E-state index in [-0.39, 0.29) is 0 Å². The number of hydrogen-bond donors (Lipinski definition) is 2. The minimum absolute atomic E-state index is 0.343. The Morgan fingerprint density at radius 2 is 1.67 bits per heavy atom. The summed E-state index contributed by atoms with van der Waals surface area (Å²) in [5, 5.41) is 3.25. The van der Waals surface area contributed by atoms with E-state index in [1.165, 1.54) is 0 Å². The number of nitrogens with one attached hydrogen (secondary N) is 2. The molecule has 128 valence electrons. The Bertz CT molecular complexity index is 817. The summed E-state index contributed by atoms with van der Waals surface area (Å²) in [6.45, 7) is 3.37. The molecule has 1 aliphatic rings. The van der Waals surface area contributed by atoms with Crippen LogP contribution in [-0.4, -0.2) is 34.6 Å². The lowest BCUT2D eigenvalue weighted by molar-refractivity contribution is 0.568. The summed E-state index contributed by atoms with van der Waals surface area (Å²) in [7, 11) is -4.07. The van der Waals surface area contributed by atoms with Crippen LogP contribution in [-0.2, 0) is 10.0 Å². The maximum atomic E-state index is 13.3. The van der Waals surface area contributed by atoms with E-state index in [1.54, 1.807) is 18.2 Å². The van der Waals surface area contributed by atoms with Gasteiger partial charge < -0.3 is 10.2 Å². The zero-order valence-electron chi connectivity index (χ0n) is 12.8. The Morgan fingerprint density at radius 3 is 2.33 bits per heavy atom. The fourth-order valence-corrected chi connectivity index (χ4v) is 3.68. The van der Waals surface area contributed by atoms with Gasteiger partial charge in [0, 0.05) is 37.9 Å². The van der Waals surface area contributed by atoms with Gasteiger partial charge in [-0.2, -0.15) is 0 Å². The van der Waals surface area contributed by atoms with Gasteiger partial charge in [-0.05, 0) is 30.3 Å². The second-order valence-corrected chi connectivity index (χ2v) is 7.18. The molecular weight excluding hydrogens is 336 g/mol. The molecular formula is C16H17F2N3O2S. The van der Waals surface area contributed by atoms with E-state index < -0.39 is 26.6 Å². The highest BCUT2D eigenvalue weighted by atomic mass is 32.2. The van der Waals surface area contributed by atoms with Gasteiger partial charge in [0.1, 0.15) is 11.6 Å². The quantitative estimate of drug-likeness (QED) is 0.884. The Kier molecular flexibility index (Phi) is 4.68. The number of benzene rings is 2. The Morgan fingerprint density at radius 1 is 1.00 bits per heavy atom. The highest BCUT2D eigenvalue weighted by molar-refractivity contribution is 7.92. The van der Waals surface area contributed by atoms with Crippen molar-refractivity contribution >= 4 is 21.4 Å². The molecule has 3 rings (SSSR count). The van der Waals surface area contributed by atoms with Crippen molar-refractivity contribution in [3.8, 4) is 0 Å². The maximum Gasteiger partial charge on any atom is 0.262 e. The predicted molar refractivity (Wildman–Crippen MR) is 88.7 cm³/mol. The molecule has 0 bridgehead atoms. The molecule has 0 aromatic heterocycles. The zero-order chi connectivity index (χ0) is 17.2. The fourth-order valence-electron chi connectivity index (χ4n) is 2.59. The fraction of sp³-hybridized carbons (Fsp3) is 0.250. The monoisotopic (exact) mass is 353 g/mol. The first kappa shape index (κ1) is 16.7. The van der Waals surface area contributed by atoms with Crippen molar-refractivity contribution in [1.29, 1.82) is 0 Å². The van der Waals surface area contributed by atoms with Crippen molar-refractivity contribution in [3.05, 3.63) is 54.1 Å². The largest absolute Gasteiger partial charge is 0.369 e. The van der Waals surface area contributed by atoms with Crippen LogP contribution in [0.4, 0.5) is 20.2 Å². The summed E-state index contributed by atoms with van der Waals surface area (Å²) in [5.41, 5.74) is 1.23. The lowest BCUT2D eigenvalue weighted by Gasteiger charge is -2.29. The molecule has 2 aromatic rings. The summed E-state index contributed by atoms with van der Waals surface area (Å²) in [5.74, 6) is -1.88. The average Bonchev–Trinajstić information content (AvgIpc) is 2.55. The number of sulfonamides is 1. The van der Waals surface area contributed by atoms with Gasteiger partial charge in [0.15, 0.2) is 0 Å². The van der Waals surface area contributed by atoms with Gasteiger partial charge in [-0.25, -0.2) is 17.2 Å². The Labute approximate surface area is 139 Å². The number of nitrogens with zero attached hydrogens (tertiary/aromatic N) is 1. The Hall–Kier alpha value is -2.19. The summed E-state index contributed by atoms with van der Waals surface area (Å²) >= 11 is 0. The van der Waals surface area contributed by atoms with Gasteiger partial charge >= 0.3 is 0 Å². The molecule has 0 spiro atoms. The van der Waals surface area contributed by atoms with Crippen molar-refractivity contribution in [1.82, 2.24) is 5.32 Å². The standard InChI is InChI=1S/C16H17F2N3O2S/c17-12-8-13(18)10-16(9-12)24(22,23)20-14-2-1-3-15(11-14)21-6-4-19-5-7-21/h1-3,8-11,19-20H,4-7H2. The third-order valence-electron chi connectivity index (χ3n) is 3.73. The van der Waals surface area contributed by atoms with Crippen molar-refractivity contribution in [2.24, 2.45) is 0 Å². The molecule has 0 saturated carbocycles. The van der Waals surface area contributed by atoms with Crippen LogP contribution in [0.1, 0.15) is 0 Å². The van der Waals surface area contributed by atoms with Gasteiger partial charge in [-0.3, -0.25) is 4.72 Å². The number of rotatable bonds is 4. The number of anilines is 2. The molecule has 1 fully saturated rings. The first-order chi connectivity index (χ1) is 11.4. The summed E-state index contributed by atoms with van der Waals surface area (Å²) < 4.78 is 53.5. The summed E-state index contributed by atoms with van der Waals surface area (Å²) in [4.78, 5) is 1.68. The van der Waals surface area contributed by atoms with Crippen LogP contribution in [0.3, 0.4) is 0 Å². The number of piperazine rings is 1. The van der Waals surface area contributed by atoms with E-state index in [4.69, 9.17) is 0 Å². The second kappa shape index (κ2) is 6.74. The van der Waals surface area contributed by atoms with Crippen LogP contribution in [0, 0.1) is 11.6 Å². The molecule has 8 heteroatoms. The van der Waals surface area contributed by atoms with Crippen molar-refractivity contribution in [3.63, 3.8) is 0 Å². The molecule has 0 atom stereocenters. The van der Waals surface area contributed by atoms with Gasteiger partial charge in [0.25, 0.3) is 10.0 Å². The lowest BCUT2D eigenvalue weighted by Crippen LogP contribution is -2.43. The highest BCUT2D eigenvalue weighted by Gasteiger charge is 2.18. The summed E-state index contributed by atoms with van der Waals surface area (Å²) in [6, 6.07) is 9.13. The molecule has 2 aromatic carbocycles. The molecule has 1 saturated heterocycles. The smallest absolute Gasteiger partial charge is 0.262 e. The zero-order valence-corrected chi connectivity index (χ0v) is 13.6. The van der Waals surface area contributed by atoms with E-state index in [0.29, 0.717) is 11.8 Å². The van der Waals surface area contributed by atoms with Crippen molar-refractivity contribution < 1.29 is 17.2 Å². The third kappa shape index (κ3) is 3.82. The highest BCUT2D eigenvalue weighted by Crippen LogP contribution is 2.23. The van der Waals surface area contributed by atoms with Crippen LogP contribution in [0.2, 0.25) is 0 Å². The van der Waals surface area contributed by atoms with Crippen LogP contribution >= 0.6 is 0 Å². The van der Waals surface area contributed by atoms with E-state index in [0.717, 1.165) is 44.0 Å². The van der Waals surface area contributed by atoms with E-state index in [2.05, 4.69) is 14.9 Å². The maximum absolute atomic E-state index is 13.3. The number of hydrogen-bond acceptors (Lipinski definition) is 4. The molecule has 1 aliphatic heterocycles. The van der Waals surface area contributed by atoms with Gasteiger partial charge in [-0.1, -0.05) is 6.07 Å². The van der Waals surface area contributed by atoms with Crippen LogP contribution in [0.5, 0.6) is 0 Å². The first-order valence-corrected chi connectivity index (χ1v) is 8.97. The minimum atomic E-state index is -4.07. The average molecular weight is 353 g/mol. The SMILES string of the molecule is O=S(=O)(Nc1cccc(N2CCNCC2)c1)c1cc(F)cc(F)c1. The molecule has 2 N–H and O–H groups in total. The van der Waals surface area contributed by atoms with Crippen LogP contribution < -0.4 is 14.9 Å². The Balaban J connectivity index is 1.84. The van der Waals surface area contributed by atoms with Crippen LogP contribution in [0.25, 0.3) is 0 Å². The van der Waals surface area contributed by atoms with Crippen molar-refractivity contribution in [2.45, 2.75) is 4.90 Å². The van der Waals surface area contributed by atoms with E-state index in [1.807, 2.05) is 6.07 Å². The number of halogens is 2. The van der Waals surface area contributed by atoms with Crippen LogP contribution in [0.15, 0.2) is 47.4 Å². The normalized spacial score (nSPS) is 15.3. The topological polar surface area (TPSA) is 61.4 Å². The third-order valence-corrected chi connectivity index (χ3v) is 5.09. The summed E-state index contributed by atoms with van der Waals surface area (Å²) in [6.07, 6.45) is 0. The minimum Gasteiger partial charge on any atom is -0.369 e. The molecule has 0 amide bonds. The van der Waals surface area contributed by atoms with Gasteiger partial charge in [-0.15, -0.1) is 0 Å². The van der Waals surface area contributed by atoms with Gasteiger partial charge in [0.2, 0.25) is 0 Å². The van der Waals surface area contributed by atoms with Crippen molar-refractivity contribution in [2.75, 3.05) is 35.8 Å².